The van der Waals surface area contributed by atoms with Gasteiger partial charge < -0.3 is 9.32 Å². The molecule has 1 aliphatic carbocycles. The summed E-state index contributed by atoms with van der Waals surface area (Å²) in [5.74, 6) is -1.26. The molecule has 2 aromatic heterocycles. The van der Waals surface area contributed by atoms with Crippen LogP contribution in [0, 0.1) is 11.2 Å². The van der Waals surface area contributed by atoms with E-state index in [1.165, 1.54) is 42.6 Å². The smallest absolute Gasteiger partial charge is 0.310 e. The first kappa shape index (κ1) is 21.7. The van der Waals surface area contributed by atoms with Gasteiger partial charge in [-0.3, -0.25) is 14.7 Å². The zero-order valence-electron chi connectivity index (χ0n) is 17.7. The van der Waals surface area contributed by atoms with Crippen molar-refractivity contribution in [2.24, 2.45) is 5.41 Å². The molecule has 174 valence electrons. The number of hydroxylamine groups is 1. The summed E-state index contributed by atoms with van der Waals surface area (Å²) in [5.41, 5.74) is 1.92. The Balaban J connectivity index is 1.45. The number of anilines is 2. The van der Waals surface area contributed by atoms with Crippen LogP contribution in [0.1, 0.15) is 42.7 Å². The van der Waals surface area contributed by atoms with Crippen LogP contribution < -0.4 is 15.1 Å². The van der Waals surface area contributed by atoms with E-state index in [-0.39, 0.29) is 27.3 Å². The van der Waals surface area contributed by atoms with E-state index in [1.807, 2.05) is 4.90 Å². The van der Waals surface area contributed by atoms with Crippen molar-refractivity contribution < 1.29 is 27.2 Å². The summed E-state index contributed by atoms with van der Waals surface area (Å²) >= 11 is 0. The highest BCUT2D eigenvalue weighted by Crippen LogP contribution is 2.47. The normalized spacial score (nSPS) is 17.7. The minimum atomic E-state index is -4.11. The largest absolute Gasteiger partial charge is 0.451 e. The molecule has 0 bridgehead atoms. The molecule has 9 nitrogen and oxygen atoms in total. The van der Waals surface area contributed by atoms with Gasteiger partial charge in [0, 0.05) is 30.6 Å². The number of aromatic nitrogens is 1. The lowest BCUT2D eigenvalue weighted by Crippen LogP contribution is -2.27. The van der Waals surface area contributed by atoms with Gasteiger partial charge in [0.15, 0.2) is 11.6 Å². The summed E-state index contributed by atoms with van der Waals surface area (Å²) in [4.78, 5) is 17.7. The second-order valence-electron chi connectivity index (χ2n) is 8.76. The number of amides is 1. The molecule has 2 fully saturated rings. The van der Waals surface area contributed by atoms with Crippen LogP contribution in [0.3, 0.4) is 0 Å². The van der Waals surface area contributed by atoms with Gasteiger partial charge in [-0.05, 0) is 42.9 Å². The summed E-state index contributed by atoms with van der Waals surface area (Å²) < 4.78 is 48.1. The number of halogens is 1. The molecule has 1 spiro atoms. The van der Waals surface area contributed by atoms with Gasteiger partial charge in [-0.15, -0.1) is 0 Å². The maximum Gasteiger partial charge on any atom is 0.310 e. The van der Waals surface area contributed by atoms with Crippen LogP contribution in [-0.2, 0) is 10.0 Å². The van der Waals surface area contributed by atoms with Crippen molar-refractivity contribution >= 4 is 38.4 Å². The van der Waals surface area contributed by atoms with E-state index >= 15 is 0 Å². The van der Waals surface area contributed by atoms with Crippen LogP contribution in [0.15, 0.2) is 45.8 Å². The van der Waals surface area contributed by atoms with Crippen LogP contribution in [0.4, 0.5) is 15.9 Å². The van der Waals surface area contributed by atoms with E-state index in [1.54, 1.807) is 0 Å². The maximum absolute atomic E-state index is 14.0. The molecule has 1 aliphatic heterocycles. The third-order valence-electron chi connectivity index (χ3n) is 6.61. The number of rotatable bonds is 5. The molecule has 1 amide bonds. The Labute approximate surface area is 189 Å². The molecule has 5 rings (SSSR count). The van der Waals surface area contributed by atoms with E-state index in [2.05, 4.69) is 9.71 Å². The van der Waals surface area contributed by atoms with Crippen molar-refractivity contribution in [1.82, 2.24) is 10.5 Å². The Bertz CT molecular complexity index is 1330. The number of benzene rings is 1. The molecule has 11 heteroatoms. The van der Waals surface area contributed by atoms with E-state index < -0.39 is 21.7 Å². The molecule has 1 saturated carbocycles. The van der Waals surface area contributed by atoms with Crippen LogP contribution >= 0.6 is 0 Å². The number of carbonyl (C=O) groups excluding carboxylic acids is 1. The number of furan rings is 1. The fourth-order valence-electron chi connectivity index (χ4n) is 4.96. The van der Waals surface area contributed by atoms with Gasteiger partial charge in [0.25, 0.3) is 10.0 Å². The highest BCUT2D eigenvalue weighted by atomic mass is 32.2. The lowest BCUT2D eigenvalue weighted by molar-refractivity contribution is 0.0678. The van der Waals surface area contributed by atoms with Crippen molar-refractivity contribution in [2.75, 3.05) is 22.7 Å². The number of pyridine rings is 1. The lowest BCUT2D eigenvalue weighted by Gasteiger charge is -2.25. The first-order valence-corrected chi connectivity index (χ1v) is 12.2. The van der Waals surface area contributed by atoms with E-state index in [0.717, 1.165) is 44.6 Å². The van der Waals surface area contributed by atoms with Crippen LogP contribution in [-0.4, -0.2) is 37.6 Å². The number of hydrogen-bond donors (Lipinski definition) is 3. The summed E-state index contributed by atoms with van der Waals surface area (Å²) in [6.45, 7) is 1.51. The van der Waals surface area contributed by atoms with Gasteiger partial charge in [0.05, 0.1) is 16.8 Å². The van der Waals surface area contributed by atoms with E-state index in [4.69, 9.17) is 9.62 Å². The first-order chi connectivity index (χ1) is 15.8. The molecule has 1 aromatic carbocycles. The fraction of sp³-hybridized carbons (Fsp3) is 0.364. The Morgan fingerprint density at radius 1 is 1.18 bits per heavy atom. The SMILES string of the molecule is O=C(NO)c1cc2ccc(S(=O)(=O)Nc3cc(F)cnc3N3CCC4(CCCC4)C3)cc2o1. The molecule has 3 aromatic rings. The Hall–Kier alpha value is -3.18. The van der Waals surface area contributed by atoms with E-state index in [9.17, 15) is 17.6 Å². The topological polar surface area (TPSA) is 125 Å². The second kappa shape index (κ2) is 7.99. The molecule has 33 heavy (non-hydrogen) atoms. The minimum absolute atomic E-state index is 0.0740. The van der Waals surface area contributed by atoms with Crippen LogP contribution in [0.2, 0.25) is 0 Å². The van der Waals surface area contributed by atoms with Gasteiger partial charge in [0.1, 0.15) is 11.4 Å². The maximum atomic E-state index is 14.0. The third kappa shape index (κ3) is 4.02. The standard InChI is InChI=1S/C22H23FN4O5S/c23-15-10-17(20(24-12-15)27-8-7-22(13-27)5-1-2-6-22)26-33(30,31)16-4-3-14-9-19(21(28)25-29)32-18(14)11-16/h3-4,9-12,26,29H,1-2,5-8,13H2,(H,25,28). The average molecular weight is 475 g/mol. The van der Waals surface area contributed by atoms with Crippen molar-refractivity contribution in [3.63, 3.8) is 0 Å². The predicted molar refractivity (Wildman–Crippen MR) is 118 cm³/mol. The molecule has 0 atom stereocenters. The highest BCUT2D eigenvalue weighted by molar-refractivity contribution is 7.92. The molecule has 2 aliphatic rings. The van der Waals surface area contributed by atoms with Crippen LogP contribution in [0.5, 0.6) is 0 Å². The first-order valence-electron chi connectivity index (χ1n) is 10.7. The molecular weight excluding hydrogens is 451 g/mol. The number of nitrogens with one attached hydrogen (secondary N) is 2. The monoisotopic (exact) mass is 474 g/mol. The zero-order valence-corrected chi connectivity index (χ0v) is 18.5. The van der Waals surface area contributed by atoms with Gasteiger partial charge >= 0.3 is 5.91 Å². The van der Waals surface area contributed by atoms with Gasteiger partial charge in [0.2, 0.25) is 0 Å². The number of carbonyl (C=O) groups is 1. The Morgan fingerprint density at radius 3 is 2.73 bits per heavy atom. The summed E-state index contributed by atoms with van der Waals surface area (Å²) in [5, 5.41) is 9.25. The Kier molecular flexibility index (Phi) is 5.25. The number of hydrogen-bond acceptors (Lipinski definition) is 7. The van der Waals surface area contributed by atoms with Crippen molar-refractivity contribution in [3.8, 4) is 0 Å². The second-order valence-corrected chi connectivity index (χ2v) is 10.4. The van der Waals surface area contributed by atoms with Gasteiger partial charge in [-0.1, -0.05) is 12.8 Å². The number of sulfonamides is 1. The highest BCUT2D eigenvalue weighted by Gasteiger charge is 2.41. The van der Waals surface area contributed by atoms with Crippen molar-refractivity contribution in [2.45, 2.75) is 37.0 Å². The lowest BCUT2D eigenvalue weighted by atomic mass is 9.86. The predicted octanol–water partition coefficient (Wildman–Crippen LogP) is 3.66. The Morgan fingerprint density at radius 2 is 1.97 bits per heavy atom. The molecule has 3 N–H and O–H groups in total. The molecule has 3 heterocycles. The van der Waals surface area contributed by atoms with Crippen LogP contribution in [0.25, 0.3) is 11.0 Å². The van der Waals surface area contributed by atoms with Crippen molar-refractivity contribution in [1.29, 1.82) is 0 Å². The quantitative estimate of drug-likeness (QED) is 0.381. The molecule has 1 saturated heterocycles. The summed E-state index contributed by atoms with van der Waals surface area (Å²) in [6, 6.07) is 6.62. The summed E-state index contributed by atoms with van der Waals surface area (Å²) in [6.07, 6.45) is 6.78. The number of nitrogens with zero attached hydrogens (tertiary/aromatic N) is 2. The third-order valence-corrected chi connectivity index (χ3v) is 7.97. The number of fused-ring (bicyclic) bond motifs is 1. The zero-order chi connectivity index (χ0) is 23.2. The minimum Gasteiger partial charge on any atom is -0.451 e. The average Bonchev–Trinajstić information content (AvgIpc) is 3.53. The molecule has 0 unspecified atom stereocenters. The van der Waals surface area contributed by atoms with E-state index in [0.29, 0.717) is 11.2 Å². The van der Waals surface area contributed by atoms with Crippen molar-refractivity contribution in [3.05, 3.63) is 48.1 Å². The molecule has 0 radical (unpaired) electrons. The summed E-state index contributed by atoms with van der Waals surface area (Å²) in [7, 11) is -4.11. The van der Waals surface area contributed by atoms with Gasteiger partial charge in [-0.2, -0.15) is 0 Å². The molecular formula is C22H23FN4O5S. The fourth-order valence-corrected chi connectivity index (χ4v) is 6.02. The van der Waals surface area contributed by atoms with Gasteiger partial charge in [-0.25, -0.2) is 23.3 Å².